The maximum atomic E-state index is 11.7. The molecule has 2 aromatic rings. The molecule has 4 N–H and O–H groups in total. The number of urea groups is 1. The third-order valence-electron chi connectivity index (χ3n) is 3.10. The summed E-state index contributed by atoms with van der Waals surface area (Å²) in [5, 5.41) is 5.33. The van der Waals surface area contributed by atoms with Gasteiger partial charge >= 0.3 is 6.03 Å². The highest BCUT2D eigenvalue weighted by atomic mass is 16.5. The Bertz CT molecular complexity index is 594. The molecule has 0 aliphatic rings. The van der Waals surface area contributed by atoms with E-state index in [2.05, 4.69) is 17.6 Å². The Kier molecular flexibility index (Phi) is 5.65. The average molecular weight is 299 g/mol. The number of nitrogen functional groups attached to an aromatic ring is 1. The zero-order valence-corrected chi connectivity index (χ0v) is 12.6. The number of hydrogen-bond acceptors (Lipinski definition) is 3. The highest BCUT2D eigenvalue weighted by molar-refractivity contribution is 5.89. The van der Waals surface area contributed by atoms with Gasteiger partial charge in [0.2, 0.25) is 0 Å². The molecule has 2 amide bonds. The normalized spacial score (nSPS) is 10.0. The Morgan fingerprint density at radius 2 is 1.77 bits per heavy atom. The fraction of sp³-hybridized carbons (Fsp3) is 0.235. The van der Waals surface area contributed by atoms with E-state index in [1.807, 2.05) is 24.3 Å². The topological polar surface area (TPSA) is 76.4 Å². The number of rotatable bonds is 6. The average Bonchev–Trinajstić information content (AvgIpc) is 2.52. The van der Waals surface area contributed by atoms with Crippen LogP contribution in [0.4, 0.5) is 16.2 Å². The lowest BCUT2D eigenvalue weighted by atomic mass is 10.1. The molecular weight excluding hydrogens is 278 g/mol. The monoisotopic (exact) mass is 299 g/mol. The van der Waals surface area contributed by atoms with Gasteiger partial charge in [0, 0.05) is 11.4 Å². The zero-order chi connectivity index (χ0) is 15.8. The van der Waals surface area contributed by atoms with Crippen molar-refractivity contribution in [1.82, 2.24) is 5.32 Å². The Morgan fingerprint density at radius 1 is 1.09 bits per heavy atom. The molecule has 0 saturated carbocycles. The molecule has 0 aliphatic carbocycles. The largest absolute Gasteiger partial charge is 0.473 e. The Morgan fingerprint density at radius 3 is 2.41 bits per heavy atom. The molecule has 0 heterocycles. The SMILES string of the molecule is CCCc1ccc(OCNC(=O)Nc2ccc(N)cc2)cc1. The summed E-state index contributed by atoms with van der Waals surface area (Å²) >= 11 is 0. The van der Waals surface area contributed by atoms with E-state index in [-0.39, 0.29) is 12.8 Å². The number of nitrogens with one attached hydrogen (secondary N) is 2. The maximum absolute atomic E-state index is 11.7. The first-order valence-electron chi connectivity index (χ1n) is 7.29. The van der Waals surface area contributed by atoms with Crippen molar-refractivity contribution in [1.29, 1.82) is 0 Å². The second kappa shape index (κ2) is 7.93. The Balaban J connectivity index is 1.73. The highest BCUT2D eigenvalue weighted by Gasteiger charge is 2.01. The van der Waals surface area contributed by atoms with E-state index in [0.717, 1.165) is 18.6 Å². The van der Waals surface area contributed by atoms with Crippen molar-refractivity contribution in [2.45, 2.75) is 19.8 Å². The lowest BCUT2D eigenvalue weighted by Crippen LogP contribution is -2.31. The molecule has 0 saturated heterocycles. The van der Waals surface area contributed by atoms with Crippen LogP contribution in [0.2, 0.25) is 0 Å². The van der Waals surface area contributed by atoms with Crippen molar-refractivity contribution in [3.05, 3.63) is 54.1 Å². The number of carbonyl (C=O) groups is 1. The van der Waals surface area contributed by atoms with Crippen LogP contribution in [0.3, 0.4) is 0 Å². The highest BCUT2D eigenvalue weighted by Crippen LogP contribution is 2.13. The third kappa shape index (κ3) is 5.01. The van der Waals surface area contributed by atoms with Gasteiger partial charge in [-0.25, -0.2) is 4.79 Å². The van der Waals surface area contributed by atoms with Gasteiger partial charge in [-0.05, 0) is 48.4 Å². The molecule has 0 unspecified atom stereocenters. The predicted molar refractivity (Wildman–Crippen MR) is 88.9 cm³/mol. The first-order chi connectivity index (χ1) is 10.7. The second-order valence-corrected chi connectivity index (χ2v) is 4.94. The van der Waals surface area contributed by atoms with Gasteiger partial charge in [-0.2, -0.15) is 0 Å². The van der Waals surface area contributed by atoms with Crippen LogP contribution >= 0.6 is 0 Å². The number of amides is 2. The smallest absolute Gasteiger partial charge is 0.321 e. The molecular formula is C17H21N3O2. The standard InChI is InChI=1S/C17H21N3O2/c1-2-3-13-4-10-16(11-5-13)22-12-19-17(21)20-15-8-6-14(18)7-9-15/h4-11H,2-3,12,18H2,1H3,(H2,19,20,21). The van der Waals surface area contributed by atoms with Crippen LogP contribution in [0.5, 0.6) is 5.75 Å². The van der Waals surface area contributed by atoms with Crippen molar-refractivity contribution in [2.24, 2.45) is 0 Å². The first kappa shape index (κ1) is 15.7. The van der Waals surface area contributed by atoms with Gasteiger partial charge in [-0.1, -0.05) is 25.5 Å². The molecule has 0 radical (unpaired) electrons. The number of benzene rings is 2. The van der Waals surface area contributed by atoms with Crippen molar-refractivity contribution >= 4 is 17.4 Å². The first-order valence-corrected chi connectivity index (χ1v) is 7.29. The fourth-order valence-corrected chi connectivity index (χ4v) is 1.97. The minimum absolute atomic E-state index is 0.105. The molecule has 0 aromatic heterocycles. The summed E-state index contributed by atoms with van der Waals surface area (Å²) in [6.07, 6.45) is 2.18. The summed E-state index contributed by atoms with van der Waals surface area (Å²) in [6, 6.07) is 14.5. The van der Waals surface area contributed by atoms with Crippen molar-refractivity contribution in [3.8, 4) is 5.75 Å². The minimum Gasteiger partial charge on any atom is -0.473 e. The minimum atomic E-state index is -0.327. The van der Waals surface area contributed by atoms with E-state index in [9.17, 15) is 4.79 Å². The van der Waals surface area contributed by atoms with Gasteiger partial charge in [0.05, 0.1) is 0 Å². The summed E-state index contributed by atoms with van der Waals surface area (Å²) in [5.74, 6) is 0.729. The van der Waals surface area contributed by atoms with Gasteiger partial charge in [-0.15, -0.1) is 0 Å². The number of carbonyl (C=O) groups excluding carboxylic acids is 1. The number of anilines is 2. The van der Waals surface area contributed by atoms with Crippen LogP contribution < -0.4 is 21.1 Å². The number of hydrogen-bond donors (Lipinski definition) is 3. The van der Waals surface area contributed by atoms with Crippen LogP contribution in [0.25, 0.3) is 0 Å². The lowest BCUT2D eigenvalue weighted by molar-refractivity contribution is 0.234. The van der Waals surface area contributed by atoms with E-state index in [1.54, 1.807) is 24.3 Å². The van der Waals surface area contributed by atoms with Crippen LogP contribution in [0.1, 0.15) is 18.9 Å². The van der Waals surface area contributed by atoms with E-state index in [1.165, 1.54) is 5.56 Å². The van der Waals surface area contributed by atoms with Gasteiger partial charge < -0.3 is 21.1 Å². The molecule has 116 valence electrons. The summed E-state index contributed by atoms with van der Waals surface area (Å²) in [7, 11) is 0. The lowest BCUT2D eigenvalue weighted by Gasteiger charge is -2.10. The van der Waals surface area contributed by atoms with Crippen LogP contribution in [-0.4, -0.2) is 12.8 Å². The third-order valence-corrected chi connectivity index (χ3v) is 3.10. The van der Waals surface area contributed by atoms with E-state index >= 15 is 0 Å². The van der Waals surface area contributed by atoms with Crippen molar-refractivity contribution in [3.63, 3.8) is 0 Å². The Labute approximate surface area is 130 Å². The van der Waals surface area contributed by atoms with Gasteiger partial charge in [0.1, 0.15) is 5.75 Å². The molecule has 22 heavy (non-hydrogen) atoms. The molecule has 2 aromatic carbocycles. The summed E-state index contributed by atoms with van der Waals surface area (Å²) in [5.41, 5.74) is 8.19. The molecule has 0 spiro atoms. The molecule has 2 rings (SSSR count). The van der Waals surface area contributed by atoms with Gasteiger partial charge in [0.25, 0.3) is 0 Å². The number of aryl methyl sites for hydroxylation is 1. The summed E-state index contributed by atoms with van der Waals surface area (Å²) in [6.45, 7) is 2.25. The van der Waals surface area contributed by atoms with Crippen molar-refractivity contribution < 1.29 is 9.53 Å². The van der Waals surface area contributed by atoms with Crippen LogP contribution in [0.15, 0.2) is 48.5 Å². The summed E-state index contributed by atoms with van der Waals surface area (Å²) < 4.78 is 5.47. The zero-order valence-electron chi connectivity index (χ0n) is 12.6. The second-order valence-electron chi connectivity index (χ2n) is 4.94. The van der Waals surface area contributed by atoms with Crippen LogP contribution in [0, 0.1) is 0 Å². The van der Waals surface area contributed by atoms with Crippen molar-refractivity contribution in [2.75, 3.05) is 17.8 Å². The predicted octanol–water partition coefficient (Wildman–Crippen LogP) is 3.38. The maximum Gasteiger partial charge on any atom is 0.321 e. The quantitative estimate of drug-likeness (QED) is 0.565. The summed E-state index contributed by atoms with van der Waals surface area (Å²) in [4.78, 5) is 11.7. The number of ether oxygens (including phenoxy) is 1. The fourth-order valence-electron chi connectivity index (χ4n) is 1.97. The molecule has 5 heteroatoms. The van der Waals surface area contributed by atoms with Crippen LogP contribution in [-0.2, 0) is 6.42 Å². The number of nitrogens with two attached hydrogens (primary N) is 1. The Hall–Kier alpha value is -2.69. The van der Waals surface area contributed by atoms with E-state index in [4.69, 9.17) is 10.5 Å². The van der Waals surface area contributed by atoms with E-state index < -0.39 is 0 Å². The molecule has 0 atom stereocenters. The molecule has 0 fully saturated rings. The molecule has 5 nitrogen and oxygen atoms in total. The van der Waals surface area contributed by atoms with Gasteiger partial charge in [0.15, 0.2) is 6.73 Å². The molecule has 0 bridgehead atoms. The molecule has 0 aliphatic heterocycles. The van der Waals surface area contributed by atoms with Gasteiger partial charge in [-0.3, -0.25) is 0 Å². The van der Waals surface area contributed by atoms with E-state index in [0.29, 0.717) is 11.4 Å².